The Balaban J connectivity index is 2.99. The summed E-state index contributed by atoms with van der Waals surface area (Å²) in [5.74, 6) is 0.923. The second-order valence-electron chi connectivity index (χ2n) is 3.05. The van der Waals surface area contributed by atoms with E-state index in [2.05, 4.69) is 4.98 Å². The molecule has 0 bridgehead atoms. The zero-order valence-corrected chi connectivity index (χ0v) is 10.6. The van der Waals surface area contributed by atoms with Crippen molar-refractivity contribution in [2.75, 3.05) is 19.8 Å². The summed E-state index contributed by atoms with van der Waals surface area (Å²) in [6.45, 7) is 2.02. The van der Waals surface area contributed by atoms with Gasteiger partial charge in [-0.25, -0.2) is 17.7 Å². The molecular formula is C9H14N2O2S2. The summed E-state index contributed by atoms with van der Waals surface area (Å²) in [6.07, 6.45) is 1.40. The first-order valence-corrected chi connectivity index (χ1v) is 6.92. The lowest BCUT2D eigenvalue weighted by atomic mass is 10.5. The lowest BCUT2D eigenvalue weighted by molar-refractivity contribution is 0.520. The van der Waals surface area contributed by atoms with Crippen LogP contribution in [0, 0.1) is 0 Å². The third-order valence-electron chi connectivity index (χ3n) is 1.78. The van der Waals surface area contributed by atoms with Gasteiger partial charge in [-0.15, -0.1) is 11.8 Å². The fourth-order valence-corrected chi connectivity index (χ4v) is 2.40. The molecule has 1 heterocycles. The average Bonchev–Trinajstić information content (AvgIpc) is 2.19. The van der Waals surface area contributed by atoms with Gasteiger partial charge in [0.2, 0.25) is 10.0 Å². The fourth-order valence-electron chi connectivity index (χ4n) is 0.963. The molecule has 6 heteroatoms. The van der Waals surface area contributed by atoms with E-state index in [4.69, 9.17) is 0 Å². The van der Waals surface area contributed by atoms with E-state index in [-0.39, 0.29) is 4.90 Å². The van der Waals surface area contributed by atoms with E-state index in [1.807, 2.05) is 6.92 Å². The van der Waals surface area contributed by atoms with Crippen molar-refractivity contribution in [3.8, 4) is 0 Å². The molecule has 1 aromatic rings. The number of thioether (sulfide) groups is 1. The largest absolute Gasteiger partial charge is 0.249 e. The van der Waals surface area contributed by atoms with Gasteiger partial charge in [0.15, 0.2) is 0 Å². The molecule has 0 spiro atoms. The van der Waals surface area contributed by atoms with Gasteiger partial charge in [-0.3, -0.25) is 0 Å². The van der Waals surface area contributed by atoms with Crippen molar-refractivity contribution in [1.29, 1.82) is 0 Å². The molecule has 1 aromatic heterocycles. The molecule has 0 radical (unpaired) electrons. The molecule has 0 aliphatic rings. The van der Waals surface area contributed by atoms with E-state index in [1.165, 1.54) is 24.6 Å². The third kappa shape index (κ3) is 2.93. The van der Waals surface area contributed by atoms with Crippen molar-refractivity contribution in [1.82, 2.24) is 9.29 Å². The number of hydrogen-bond acceptors (Lipinski definition) is 4. The molecular weight excluding hydrogens is 232 g/mol. The van der Waals surface area contributed by atoms with Gasteiger partial charge in [0.05, 0.1) is 5.03 Å². The van der Waals surface area contributed by atoms with Gasteiger partial charge >= 0.3 is 0 Å². The fraction of sp³-hybridized carbons (Fsp3) is 0.444. The van der Waals surface area contributed by atoms with Crippen LogP contribution in [0.3, 0.4) is 0 Å². The molecule has 4 nitrogen and oxygen atoms in total. The van der Waals surface area contributed by atoms with Gasteiger partial charge < -0.3 is 0 Å². The predicted octanol–water partition coefficient (Wildman–Crippen LogP) is 1.44. The minimum absolute atomic E-state index is 0.230. The van der Waals surface area contributed by atoms with Crippen molar-refractivity contribution in [2.45, 2.75) is 16.8 Å². The Hall–Kier alpha value is -0.590. The van der Waals surface area contributed by atoms with Crippen molar-refractivity contribution < 1.29 is 8.42 Å². The smallest absolute Gasteiger partial charge is 0.244 e. The maximum atomic E-state index is 11.7. The molecule has 0 atom stereocenters. The quantitative estimate of drug-likeness (QED) is 0.754. The van der Waals surface area contributed by atoms with Crippen LogP contribution in [0.4, 0.5) is 0 Å². The number of nitrogens with zero attached hydrogens (tertiary/aromatic N) is 2. The van der Waals surface area contributed by atoms with E-state index in [0.29, 0.717) is 0 Å². The summed E-state index contributed by atoms with van der Waals surface area (Å²) < 4.78 is 24.5. The zero-order valence-electron chi connectivity index (χ0n) is 8.97. The van der Waals surface area contributed by atoms with E-state index >= 15 is 0 Å². The second kappa shape index (κ2) is 4.96. The van der Waals surface area contributed by atoms with Gasteiger partial charge in [0, 0.05) is 20.3 Å². The van der Waals surface area contributed by atoms with Crippen molar-refractivity contribution in [3.05, 3.63) is 18.3 Å². The molecule has 0 fully saturated rings. The molecule has 1 rings (SSSR count). The topological polar surface area (TPSA) is 50.3 Å². The molecule has 0 aliphatic heterocycles. The minimum Gasteiger partial charge on any atom is -0.249 e. The van der Waals surface area contributed by atoms with Crippen LogP contribution in [0.5, 0.6) is 0 Å². The number of hydrogen-bond donors (Lipinski definition) is 0. The first-order valence-electron chi connectivity index (χ1n) is 4.50. The Morgan fingerprint density at radius 2 is 2.07 bits per heavy atom. The minimum atomic E-state index is -3.35. The van der Waals surface area contributed by atoms with Gasteiger partial charge in [0.1, 0.15) is 4.90 Å². The van der Waals surface area contributed by atoms with Crippen LogP contribution < -0.4 is 0 Å². The summed E-state index contributed by atoms with van der Waals surface area (Å²) in [4.78, 5) is 4.30. The molecule has 0 unspecified atom stereocenters. The number of pyridine rings is 1. The summed E-state index contributed by atoms with van der Waals surface area (Å²) in [5.41, 5.74) is 0. The first kappa shape index (κ1) is 12.5. The van der Waals surface area contributed by atoms with Gasteiger partial charge in [-0.1, -0.05) is 6.92 Å². The number of sulfonamides is 1. The van der Waals surface area contributed by atoms with Crippen LogP contribution in [0.1, 0.15) is 6.92 Å². The Labute approximate surface area is 94.8 Å². The monoisotopic (exact) mass is 246 g/mol. The van der Waals surface area contributed by atoms with E-state index in [9.17, 15) is 8.42 Å². The maximum Gasteiger partial charge on any atom is 0.244 e. The highest BCUT2D eigenvalue weighted by atomic mass is 32.2. The van der Waals surface area contributed by atoms with Gasteiger partial charge in [0.25, 0.3) is 0 Å². The lowest BCUT2D eigenvalue weighted by Crippen LogP contribution is -2.22. The Bertz CT molecular complexity index is 412. The molecule has 0 amide bonds. The molecule has 15 heavy (non-hydrogen) atoms. The van der Waals surface area contributed by atoms with E-state index in [1.54, 1.807) is 23.9 Å². The maximum absolute atomic E-state index is 11.7. The zero-order chi connectivity index (χ0) is 11.5. The first-order chi connectivity index (χ1) is 6.98. The van der Waals surface area contributed by atoms with Crippen LogP contribution in [0.15, 0.2) is 28.3 Å². The Kier molecular flexibility index (Phi) is 4.12. The highest BCUT2D eigenvalue weighted by molar-refractivity contribution is 7.99. The highest BCUT2D eigenvalue weighted by Gasteiger charge is 2.16. The predicted molar refractivity (Wildman–Crippen MR) is 61.5 cm³/mol. The third-order valence-corrected chi connectivity index (χ3v) is 4.40. The lowest BCUT2D eigenvalue weighted by Gasteiger charge is -2.10. The molecule has 0 saturated heterocycles. The SMILES string of the molecule is CCSc1ccc(S(=O)(=O)N(C)C)cn1. The summed E-state index contributed by atoms with van der Waals surface area (Å²) in [6, 6.07) is 3.31. The van der Waals surface area contributed by atoms with Crippen molar-refractivity contribution >= 4 is 21.8 Å². The van der Waals surface area contributed by atoms with Crippen LogP contribution in [-0.4, -0.2) is 37.6 Å². The van der Waals surface area contributed by atoms with Gasteiger partial charge in [-0.05, 0) is 17.9 Å². The Morgan fingerprint density at radius 1 is 1.40 bits per heavy atom. The van der Waals surface area contributed by atoms with E-state index in [0.717, 1.165) is 10.8 Å². The van der Waals surface area contributed by atoms with Crippen molar-refractivity contribution in [2.24, 2.45) is 0 Å². The standard InChI is InChI=1S/C9H14N2O2S2/c1-4-14-9-6-5-8(7-10-9)15(12,13)11(2)3/h5-7H,4H2,1-3H3. The number of aromatic nitrogens is 1. The van der Waals surface area contributed by atoms with Crippen LogP contribution in [0.25, 0.3) is 0 Å². The molecule has 84 valence electrons. The van der Waals surface area contributed by atoms with Crippen LogP contribution >= 0.6 is 11.8 Å². The van der Waals surface area contributed by atoms with Gasteiger partial charge in [-0.2, -0.15) is 0 Å². The summed E-state index contributed by atoms with van der Waals surface area (Å²) in [7, 11) is -0.339. The van der Waals surface area contributed by atoms with E-state index < -0.39 is 10.0 Å². The molecule has 0 aliphatic carbocycles. The Morgan fingerprint density at radius 3 is 2.47 bits per heavy atom. The van der Waals surface area contributed by atoms with Crippen molar-refractivity contribution in [3.63, 3.8) is 0 Å². The highest BCUT2D eigenvalue weighted by Crippen LogP contribution is 2.17. The molecule has 0 aromatic carbocycles. The van der Waals surface area contributed by atoms with Crippen LogP contribution in [0.2, 0.25) is 0 Å². The van der Waals surface area contributed by atoms with Crippen LogP contribution in [-0.2, 0) is 10.0 Å². The average molecular weight is 246 g/mol. The molecule has 0 saturated carbocycles. The summed E-state index contributed by atoms with van der Waals surface area (Å²) >= 11 is 1.58. The second-order valence-corrected chi connectivity index (χ2v) is 6.49. The molecule has 0 N–H and O–H groups in total. The number of rotatable bonds is 4. The normalized spacial score (nSPS) is 12.0. The summed E-state index contributed by atoms with van der Waals surface area (Å²) in [5, 5.41) is 0.843.